The number of hydrogen-bond donors (Lipinski definition) is 2. The third kappa shape index (κ3) is 2.49. The third-order valence-electron chi connectivity index (χ3n) is 4.16. The van der Waals surface area contributed by atoms with Gasteiger partial charge in [0.25, 0.3) is 0 Å². The monoisotopic (exact) mass is 288 g/mol. The molecule has 1 aliphatic heterocycles. The lowest BCUT2D eigenvalue weighted by atomic mass is 10.1. The van der Waals surface area contributed by atoms with Crippen LogP contribution in [0.5, 0.6) is 5.75 Å². The first-order valence-corrected chi connectivity index (χ1v) is 7.30. The molecule has 1 heterocycles. The van der Waals surface area contributed by atoms with Crippen LogP contribution in [-0.2, 0) is 17.8 Å². The molecular weight excluding hydrogens is 268 g/mol. The SMILES string of the molecule is CCc1ccc2c(c1)CN(C1=C(N)C(=O)C(O)C1)CCO2. The maximum absolute atomic E-state index is 11.7. The van der Waals surface area contributed by atoms with Crippen molar-refractivity contribution in [1.29, 1.82) is 0 Å². The Labute approximate surface area is 124 Å². The number of rotatable bonds is 2. The molecule has 5 nitrogen and oxygen atoms in total. The lowest BCUT2D eigenvalue weighted by Crippen LogP contribution is -2.26. The molecule has 1 atom stereocenters. The molecule has 3 rings (SSSR count). The molecule has 1 aromatic carbocycles. The van der Waals surface area contributed by atoms with E-state index in [0.29, 0.717) is 26.1 Å². The highest BCUT2D eigenvalue weighted by Gasteiger charge is 2.33. The molecule has 1 aromatic rings. The zero-order valence-electron chi connectivity index (χ0n) is 12.1. The van der Waals surface area contributed by atoms with Crippen molar-refractivity contribution < 1.29 is 14.6 Å². The molecule has 1 unspecified atom stereocenters. The second kappa shape index (κ2) is 5.41. The predicted octanol–water partition coefficient (Wildman–Crippen LogP) is 0.947. The quantitative estimate of drug-likeness (QED) is 0.847. The fraction of sp³-hybridized carbons (Fsp3) is 0.438. The number of ether oxygens (including phenoxy) is 1. The molecule has 112 valence electrons. The zero-order chi connectivity index (χ0) is 15.0. The van der Waals surface area contributed by atoms with Gasteiger partial charge in [-0.25, -0.2) is 0 Å². The number of fused-ring (bicyclic) bond motifs is 1. The van der Waals surface area contributed by atoms with Gasteiger partial charge in [-0.05, 0) is 18.1 Å². The maximum atomic E-state index is 11.7. The van der Waals surface area contributed by atoms with Gasteiger partial charge in [0.05, 0.1) is 12.2 Å². The molecule has 0 bridgehead atoms. The molecule has 1 aliphatic carbocycles. The van der Waals surface area contributed by atoms with Crippen LogP contribution in [-0.4, -0.2) is 35.0 Å². The van der Waals surface area contributed by atoms with Crippen molar-refractivity contribution in [3.8, 4) is 5.75 Å². The predicted molar refractivity (Wildman–Crippen MR) is 78.6 cm³/mol. The Bertz CT molecular complexity index is 610. The first kappa shape index (κ1) is 13.9. The average molecular weight is 288 g/mol. The van der Waals surface area contributed by atoms with Crippen molar-refractivity contribution in [2.75, 3.05) is 13.2 Å². The summed E-state index contributed by atoms with van der Waals surface area (Å²) in [5, 5.41) is 9.69. The highest BCUT2D eigenvalue weighted by atomic mass is 16.5. The summed E-state index contributed by atoms with van der Waals surface area (Å²) in [7, 11) is 0. The topological polar surface area (TPSA) is 75.8 Å². The summed E-state index contributed by atoms with van der Waals surface area (Å²) in [6.07, 6.45) is 0.272. The van der Waals surface area contributed by atoms with Gasteiger partial charge in [0.2, 0.25) is 5.78 Å². The molecule has 2 aliphatic rings. The Morgan fingerprint density at radius 1 is 1.48 bits per heavy atom. The van der Waals surface area contributed by atoms with Crippen molar-refractivity contribution >= 4 is 5.78 Å². The first-order valence-electron chi connectivity index (χ1n) is 7.30. The molecule has 21 heavy (non-hydrogen) atoms. The molecule has 0 aromatic heterocycles. The molecule has 0 spiro atoms. The van der Waals surface area contributed by atoms with Crippen molar-refractivity contribution in [2.45, 2.75) is 32.4 Å². The standard InChI is InChI=1S/C16H20N2O3/c1-2-10-3-4-14-11(7-10)9-18(5-6-21-14)12-8-13(19)16(20)15(12)17/h3-4,7,13,19H,2,5-6,8-9,17H2,1H3. The van der Waals surface area contributed by atoms with Gasteiger partial charge in [0.15, 0.2) is 0 Å². The van der Waals surface area contributed by atoms with Crippen LogP contribution in [0.2, 0.25) is 0 Å². The van der Waals surface area contributed by atoms with E-state index in [-0.39, 0.29) is 11.5 Å². The number of aliphatic hydroxyl groups excluding tert-OH is 1. The Morgan fingerprint density at radius 3 is 2.95 bits per heavy atom. The van der Waals surface area contributed by atoms with Gasteiger partial charge in [-0.15, -0.1) is 0 Å². The van der Waals surface area contributed by atoms with Gasteiger partial charge < -0.3 is 20.5 Å². The van der Waals surface area contributed by atoms with Gasteiger partial charge in [0, 0.05) is 24.2 Å². The van der Waals surface area contributed by atoms with Crippen LogP contribution in [0.1, 0.15) is 24.5 Å². The number of nitrogens with zero attached hydrogens (tertiary/aromatic N) is 1. The second-order valence-corrected chi connectivity index (χ2v) is 5.51. The Balaban J connectivity index is 1.91. The molecule has 5 heteroatoms. The summed E-state index contributed by atoms with van der Waals surface area (Å²) in [6.45, 7) is 3.97. The Kier molecular flexibility index (Phi) is 3.59. The summed E-state index contributed by atoms with van der Waals surface area (Å²) in [5.74, 6) is 0.524. The number of ketones is 1. The largest absolute Gasteiger partial charge is 0.491 e. The Hall–Kier alpha value is -2.01. The highest BCUT2D eigenvalue weighted by Crippen LogP contribution is 2.30. The van der Waals surface area contributed by atoms with E-state index in [9.17, 15) is 9.90 Å². The van der Waals surface area contributed by atoms with Crippen LogP contribution in [0, 0.1) is 0 Å². The number of Topliss-reactive ketones (excluding diaryl/α,β-unsaturated/α-hetero) is 1. The summed E-state index contributed by atoms with van der Waals surface area (Å²) in [6, 6.07) is 6.21. The van der Waals surface area contributed by atoms with Crippen LogP contribution in [0.3, 0.4) is 0 Å². The smallest absolute Gasteiger partial charge is 0.208 e. The van der Waals surface area contributed by atoms with Crippen LogP contribution in [0.25, 0.3) is 0 Å². The summed E-state index contributed by atoms with van der Waals surface area (Å²) in [5.41, 5.74) is 9.14. The van der Waals surface area contributed by atoms with Crippen molar-refractivity contribution in [3.63, 3.8) is 0 Å². The molecule has 0 saturated carbocycles. The van der Waals surface area contributed by atoms with E-state index in [1.165, 1.54) is 5.56 Å². The van der Waals surface area contributed by atoms with E-state index in [1.54, 1.807) is 0 Å². The van der Waals surface area contributed by atoms with Gasteiger partial charge in [-0.2, -0.15) is 0 Å². The molecule has 0 radical (unpaired) electrons. The average Bonchev–Trinajstić information content (AvgIpc) is 2.69. The van der Waals surface area contributed by atoms with E-state index >= 15 is 0 Å². The Morgan fingerprint density at radius 2 is 2.29 bits per heavy atom. The molecule has 0 fully saturated rings. The number of benzene rings is 1. The van der Waals surface area contributed by atoms with E-state index in [2.05, 4.69) is 24.0 Å². The van der Waals surface area contributed by atoms with E-state index in [1.807, 2.05) is 6.07 Å². The van der Waals surface area contributed by atoms with E-state index in [0.717, 1.165) is 23.4 Å². The molecule has 3 N–H and O–H groups in total. The van der Waals surface area contributed by atoms with E-state index < -0.39 is 6.10 Å². The van der Waals surface area contributed by atoms with Crippen molar-refractivity contribution in [3.05, 3.63) is 40.7 Å². The number of carbonyl (C=O) groups excluding carboxylic acids is 1. The lowest BCUT2D eigenvalue weighted by molar-refractivity contribution is -0.122. The molecular formula is C16H20N2O3. The minimum atomic E-state index is -0.995. The number of nitrogens with two attached hydrogens (primary N) is 1. The van der Waals surface area contributed by atoms with Crippen molar-refractivity contribution in [2.24, 2.45) is 5.73 Å². The number of hydrogen-bond acceptors (Lipinski definition) is 5. The van der Waals surface area contributed by atoms with Crippen LogP contribution < -0.4 is 10.5 Å². The number of carbonyl (C=O) groups is 1. The minimum absolute atomic E-state index is 0.192. The van der Waals surface area contributed by atoms with Crippen LogP contribution in [0.15, 0.2) is 29.6 Å². The minimum Gasteiger partial charge on any atom is -0.491 e. The molecule has 0 amide bonds. The van der Waals surface area contributed by atoms with Crippen LogP contribution >= 0.6 is 0 Å². The number of aryl methyl sites for hydroxylation is 1. The van der Waals surface area contributed by atoms with Gasteiger partial charge >= 0.3 is 0 Å². The van der Waals surface area contributed by atoms with Crippen LogP contribution in [0.4, 0.5) is 0 Å². The lowest BCUT2D eigenvalue weighted by Gasteiger charge is -2.24. The summed E-state index contributed by atoms with van der Waals surface area (Å²) < 4.78 is 5.77. The van der Waals surface area contributed by atoms with Gasteiger partial charge in [-0.1, -0.05) is 19.1 Å². The summed E-state index contributed by atoms with van der Waals surface area (Å²) in [4.78, 5) is 13.7. The van der Waals surface area contributed by atoms with Crippen molar-refractivity contribution in [1.82, 2.24) is 4.90 Å². The highest BCUT2D eigenvalue weighted by molar-refractivity contribution is 6.01. The molecule has 0 saturated heterocycles. The van der Waals surface area contributed by atoms with E-state index in [4.69, 9.17) is 10.5 Å². The second-order valence-electron chi connectivity index (χ2n) is 5.51. The third-order valence-corrected chi connectivity index (χ3v) is 4.16. The normalized spacial score (nSPS) is 22.1. The van der Waals surface area contributed by atoms with Gasteiger partial charge in [-0.3, -0.25) is 4.79 Å². The first-order chi connectivity index (χ1) is 10.1. The maximum Gasteiger partial charge on any atom is 0.208 e. The fourth-order valence-electron chi connectivity index (χ4n) is 2.90. The number of aliphatic hydroxyl groups is 1. The van der Waals surface area contributed by atoms with Gasteiger partial charge in [0.1, 0.15) is 18.5 Å². The zero-order valence-corrected chi connectivity index (χ0v) is 12.1. The fourth-order valence-corrected chi connectivity index (χ4v) is 2.90. The summed E-state index contributed by atoms with van der Waals surface area (Å²) >= 11 is 0.